The standard InChI is InChI=1S/C25H16Cl3N3O5S/c1-35-19-10-13(12-29-31-24(33)23(32)30-14-7-8-16(26)17(27)11-14)6-9-18(19)36-25(34)22-21(28)15-4-2-3-5-20(15)37-22/h2-12H,1H3,(H,30,32)(H,31,33). The molecule has 0 spiro atoms. The minimum Gasteiger partial charge on any atom is -0.493 e. The molecule has 0 aliphatic heterocycles. The first-order valence-electron chi connectivity index (χ1n) is 10.4. The molecule has 2 N–H and O–H groups in total. The lowest BCUT2D eigenvalue weighted by atomic mass is 10.2. The summed E-state index contributed by atoms with van der Waals surface area (Å²) in [5.74, 6) is -2.15. The molecule has 37 heavy (non-hydrogen) atoms. The normalized spacial score (nSPS) is 10.9. The quantitative estimate of drug-likeness (QED) is 0.0938. The van der Waals surface area contributed by atoms with E-state index < -0.39 is 17.8 Å². The Balaban J connectivity index is 1.39. The second-order valence-corrected chi connectivity index (χ2v) is 9.57. The molecule has 3 aromatic carbocycles. The molecule has 0 aliphatic rings. The summed E-state index contributed by atoms with van der Waals surface area (Å²) < 4.78 is 11.7. The number of hydrogen-bond acceptors (Lipinski definition) is 7. The Bertz CT molecular complexity index is 1550. The third-order valence-corrected chi connectivity index (χ3v) is 7.27. The number of hydrogen-bond donors (Lipinski definition) is 2. The van der Waals surface area contributed by atoms with Crippen LogP contribution in [0.4, 0.5) is 5.69 Å². The first-order chi connectivity index (χ1) is 17.8. The van der Waals surface area contributed by atoms with Crippen LogP contribution < -0.4 is 20.2 Å². The average molecular weight is 577 g/mol. The molecule has 0 aliphatic carbocycles. The zero-order valence-corrected chi connectivity index (χ0v) is 22.0. The van der Waals surface area contributed by atoms with E-state index >= 15 is 0 Å². The van der Waals surface area contributed by atoms with Crippen LogP contribution in [0.5, 0.6) is 11.5 Å². The molecule has 4 aromatic rings. The largest absolute Gasteiger partial charge is 0.493 e. The van der Waals surface area contributed by atoms with Crippen LogP contribution in [0.2, 0.25) is 15.1 Å². The van der Waals surface area contributed by atoms with Crippen LogP contribution in [0.25, 0.3) is 10.1 Å². The maximum atomic E-state index is 12.8. The Kier molecular flexibility index (Phi) is 8.30. The maximum absolute atomic E-state index is 12.8. The fourth-order valence-electron chi connectivity index (χ4n) is 3.12. The number of halogens is 3. The molecule has 0 saturated heterocycles. The van der Waals surface area contributed by atoms with Gasteiger partial charge >= 0.3 is 17.8 Å². The molecule has 0 radical (unpaired) electrons. The van der Waals surface area contributed by atoms with E-state index in [1.807, 2.05) is 24.3 Å². The van der Waals surface area contributed by atoms with Crippen LogP contribution in [-0.2, 0) is 9.59 Å². The van der Waals surface area contributed by atoms with Crippen LogP contribution in [-0.4, -0.2) is 31.1 Å². The number of amides is 2. The van der Waals surface area contributed by atoms with Gasteiger partial charge in [-0.1, -0.05) is 53.0 Å². The summed E-state index contributed by atoms with van der Waals surface area (Å²) in [4.78, 5) is 37.1. The van der Waals surface area contributed by atoms with E-state index in [9.17, 15) is 14.4 Å². The van der Waals surface area contributed by atoms with E-state index in [0.717, 1.165) is 10.1 Å². The van der Waals surface area contributed by atoms with Crippen molar-refractivity contribution in [3.8, 4) is 11.5 Å². The predicted octanol–water partition coefficient (Wildman–Crippen LogP) is 6.18. The van der Waals surface area contributed by atoms with Gasteiger partial charge in [-0.3, -0.25) is 9.59 Å². The van der Waals surface area contributed by atoms with Gasteiger partial charge in [0.2, 0.25) is 0 Å². The first-order valence-corrected chi connectivity index (χ1v) is 12.4. The summed E-state index contributed by atoms with van der Waals surface area (Å²) in [6.45, 7) is 0. The SMILES string of the molecule is COc1cc(C=NNC(=O)C(=O)Nc2ccc(Cl)c(Cl)c2)ccc1OC(=O)c1sc2ccccc2c1Cl. The maximum Gasteiger partial charge on any atom is 0.355 e. The molecule has 0 bridgehead atoms. The van der Waals surface area contributed by atoms with Gasteiger partial charge in [-0.25, -0.2) is 10.2 Å². The van der Waals surface area contributed by atoms with E-state index in [1.165, 1.54) is 48.9 Å². The molecule has 1 heterocycles. The van der Waals surface area contributed by atoms with Crippen molar-refractivity contribution in [2.45, 2.75) is 0 Å². The molecule has 0 atom stereocenters. The van der Waals surface area contributed by atoms with Crippen molar-refractivity contribution in [1.82, 2.24) is 5.43 Å². The van der Waals surface area contributed by atoms with Crippen molar-refractivity contribution < 1.29 is 23.9 Å². The topological polar surface area (TPSA) is 106 Å². The van der Waals surface area contributed by atoms with Crippen LogP contribution in [0.3, 0.4) is 0 Å². The van der Waals surface area contributed by atoms with Crippen molar-refractivity contribution in [2.75, 3.05) is 12.4 Å². The van der Waals surface area contributed by atoms with Gasteiger partial charge in [0.25, 0.3) is 0 Å². The van der Waals surface area contributed by atoms with Crippen molar-refractivity contribution in [2.24, 2.45) is 5.10 Å². The number of nitrogens with one attached hydrogen (secondary N) is 2. The van der Waals surface area contributed by atoms with Crippen LogP contribution in [0.1, 0.15) is 15.2 Å². The Morgan fingerprint density at radius 1 is 0.919 bits per heavy atom. The molecule has 8 nitrogen and oxygen atoms in total. The van der Waals surface area contributed by atoms with E-state index in [1.54, 1.807) is 12.1 Å². The monoisotopic (exact) mass is 575 g/mol. The minimum atomic E-state index is -1.000. The lowest BCUT2D eigenvalue weighted by Gasteiger charge is -2.09. The second kappa shape index (κ2) is 11.6. The van der Waals surface area contributed by atoms with Gasteiger partial charge < -0.3 is 14.8 Å². The average Bonchev–Trinajstić information content (AvgIpc) is 3.23. The second-order valence-electron chi connectivity index (χ2n) is 7.32. The van der Waals surface area contributed by atoms with Crippen molar-refractivity contribution >= 4 is 85.9 Å². The Labute approximate surface area is 229 Å². The predicted molar refractivity (Wildman–Crippen MR) is 146 cm³/mol. The molecular weight excluding hydrogens is 561 g/mol. The van der Waals surface area contributed by atoms with Crippen molar-refractivity contribution in [1.29, 1.82) is 0 Å². The number of ether oxygens (including phenoxy) is 2. The van der Waals surface area contributed by atoms with Gasteiger partial charge in [0.05, 0.1) is 28.4 Å². The number of carbonyl (C=O) groups is 3. The fraction of sp³-hybridized carbons (Fsp3) is 0.0400. The number of anilines is 1. The Hall–Kier alpha value is -3.63. The molecule has 188 valence electrons. The van der Waals surface area contributed by atoms with Crippen LogP contribution >= 0.6 is 46.1 Å². The van der Waals surface area contributed by atoms with Gasteiger partial charge in [-0.2, -0.15) is 5.10 Å². The third-order valence-electron chi connectivity index (χ3n) is 4.87. The minimum absolute atomic E-state index is 0.170. The van der Waals surface area contributed by atoms with E-state index in [-0.39, 0.29) is 21.4 Å². The lowest BCUT2D eigenvalue weighted by Crippen LogP contribution is -2.32. The molecule has 0 fully saturated rings. The lowest BCUT2D eigenvalue weighted by molar-refractivity contribution is -0.136. The highest BCUT2D eigenvalue weighted by Gasteiger charge is 2.20. The molecule has 2 amide bonds. The number of fused-ring (bicyclic) bond motifs is 1. The number of thiophene rings is 1. The van der Waals surface area contributed by atoms with Crippen LogP contribution in [0, 0.1) is 0 Å². The van der Waals surface area contributed by atoms with E-state index in [0.29, 0.717) is 21.3 Å². The zero-order chi connectivity index (χ0) is 26.5. The number of rotatable bonds is 6. The highest BCUT2D eigenvalue weighted by atomic mass is 35.5. The summed E-state index contributed by atoms with van der Waals surface area (Å²) in [5, 5.41) is 7.80. The molecule has 12 heteroatoms. The zero-order valence-electron chi connectivity index (χ0n) is 18.9. The van der Waals surface area contributed by atoms with E-state index in [2.05, 4.69) is 15.8 Å². The molecule has 0 unspecified atom stereocenters. The Morgan fingerprint density at radius 2 is 1.70 bits per heavy atom. The van der Waals surface area contributed by atoms with Crippen molar-refractivity contribution in [3.63, 3.8) is 0 Å². The Morgan fingerprint density at radius 3 is 2.43 bits per heavy atom. The van der Waals surface area contributed by atoms with Crippen LogP contribution in [0.15, 0.2) is 65.8 Å². The van der Waals surface area contributed by atoms with Crippen molar-refractivity contribution in [3.05, 3.63) is 86.2 Å². The third kappa shape index (κ3) is 6.20. The molecule has 1 aromatic heterocycles. The van der Waals surface area contributed by atoms with Gasteiger partial charge in [-0.05, 0) is 48.0 Å². The molecule has 0 saturated carbocycles. The van der Waals surface area contributed by atoms with Gasteiger partial charge in [0, 0.05) is 15.8 Å². The highest BCUT2D eigenvalue weighted by Crippen LogP contribution is 2.37. The number of esters is 1. The first kappa shape index (κ1) is 26.4. The molecular formula is C25H16Cl3N3O5S. The highest BCUT2D eigenvalue weighted by molar-refractivity contribution is 7.21. The number of benzene rings is 3. The van der Waals surface area contributed by atoms with Gasteiger partial charge in [0.15, 0.2) is 11.5 Å². The number of nitrogens with zero attached hydrogens (tertiary/aromatic N) is 1. The number of hydrazone groups is 1. The number of methoxy groups -OCH3 is 1. The van der Waals surface area contributed by atoms with E-state index in [4.69, 9.17) is 44.3 Å². The summed E-state index contributed by atoms with van der Waals surface area (Å²) in [6.07, 6.45) is 1.29. The molecule has 4 rings (SSSR count). The number of carbonyl (C=O) groups excluding carboxylic acids is 3. The summed E-state index contributed by atoms with van der Waals surface area (Å²) in [6, 6.07) is 16.4. The van der Waals surface area contributed by atoms with Gasteiger partial charge in [-0.15, -0.1) is 11.3 Å². The smallest absolute Gasteiger partial charge is 0.355 e. The summed E-state index contributed by atoms with van der Waals surface area (Å²) in [5.41, 5.74) is 2.92. The fourth-order valence-corrected chi connectivity index (χ4v) is 4.80. The van der Waals surface area contributed by atoms with Gasteiger partial charge in [0.1, 0.15) is 4.88 Å². The summed E-state index contributed by atoms with van der Waals surface area (Å²) in [7, 11) is 1.41. The summed E-state index contributed by atoms with van der Waals surface area (Å²) >= 11 is 19.3.